The third-order valence-corrected chi connectivity index (χ3v) is 3.15. The number of rotatable bonds is 2. The minimum absolute atomic E-state index is 0.237. The SMILES string of the molecule is Cc1cccc(-c2ccc(-c3ncccn3)cc2O)c1. The number of aromatic hydroxyl groups is 1. The van der Waals surface area contributed by atoms with Gasteiger partial charge in [0.05, 0.1) is 0 Å². The van der Waals surface area contributed by atoms with E-state index in [1.807, 2.05) is 43.3 Å². The number of aromatic nitrogens is 2. The van der Waals surface area contributed by atoms with E-state index in [4.69, 9.17) is 0 Å². The summed E-state index contributed by atoms with van der Waals surface area (Å²) >= 11 is 0. The van der Waals surface area contributed by atoms with Crippen molar-refractivity contribution in [3.05, 3.63) is 66.5 Å². The normalized spacial score (nSPS) is 10.4. The predicted octanol–water partition coefficient (Wildman–Crippen LogP) is 3.82. The minimum Gasteiger partial charge on any atom is -0.507 e. The van der Waals surface area contributed by atoms with E-state index >= 15 is 0 Å². The Morgan fingerprint density at radius 2 is 1.65 bits per heavy atom. The monoisotopic (exact) mass is 262 g/mol. The van der Waals surface area contributed by atoms with Crippen LogP contribution in [0.3, 0.4) is 0 Å². The van der Waals surface area contributed by atoms with Crippen LogP contribution in [0.5, 0.6) is 5.75 Å². The number of nitrogens with zero attached hydrogens (tertiary/aromatic N) is 2. The van der Waals surface area contributed by atoms with E-state index in [0.717, 1.165) is 22.3 Å². The van der Waals surface area contributed by atoms with E-state index in [9.17, 15) is 5.11 Å². The highest BCUT2D eigenvalue weighted by Gasteiger charge is 2.08. The quantitative estimate of drug-likeness (QED) is 0.763. The van der Waals surface area contributed by atoms with E-state index < -0.39 is 0 Å². The molecule has 0 aliphatic rings. The third-order valence-electron chi connectivity index (χ3n) is 3.15. The molecule has 3 aromatic rings. The molecule has 0 unspecified atom stereocenters. The fraction of sp³-hybridized carbons (Fsp3) is 0.0588. The third kappa shape index (κ3) is 2.38. The van der Waals surface area contributed by atoms with Gasteiger partial charge in [-0.2, -0.15) is 0 Å². The first-order valence-electron chi connectivity index (χ1n) is 6.41. The molecule has 0 saturated carbocycles. The number of hydrogen-bond donors (Lipinski definition) is 1. The molecule has 3 rings (SSSR count). The van der Waals surface area contributed by atoms with E-state index in [1.165, 1.54) is 0 Å². The second-order valence-electron chi connectivity index (χ2n) is 4.67. The summed E-state index contributed by atoms with van der Waals surface area (Å²) in [5, 5.41) is 10.2. The van der Waals surface area contributed by atoms with Crippen molar-refractivity contribution >= 4 is 0 Å². The average molecular weight is 262 g/mol. The lowest BCUT2D eigenvalue weighted by molar-refractivity contribution is 0.477. The molecule has 1 aromatic heterocycles. The highest BCUT2D eigenvalue weighted by Crippen LogP contribution is 2.32. The molecule has 1 N–H and O–H groups in total. The van der Waals surface area contributed by atoms with Crippen LogP contribution in [0.4, 0.5) is 0 Å². The predicted molar refractivity (Wildman–Crippen MR) is 79.3 cm³/mol. The summed E-state index contributed by atoms with van der Waals surface area (Å²) in [5.41, 5.74) is 3.79. The molecule has 98 valence electrons. The average Bonchev–Trinajstić information content (AvgIpc) is 2.48. The number of phenols is 1. The van der Waals surface area contributed by atoms with Gasteiger partial charge in [-0.15, -0.1) is 0 Å². The Hall–Kier alpha value is -2.68. The van der Waals surface area contributed by atoms with Gasteiger partial charge in [-0.1, -0.05) is 35.9 Å². The van der Waals surface area contributed by atoms with Crippen LogP contribution < -0.4 is 0 Å². The van der Waals surface area contributed by atoms with Crippen LogP contribution in [0.1, 0.15) is 5.56 Å². The molecule has 3 nitrogen and oxygen atoms in total. The van der Waals surface area contributed by atoms with Gasteiger partial charge < -0.3 is 5.11 Å². The summed E-state index contributed by atoms with van der Waals surface area (Å²) in [4.78, 5) is 8.37. The molecule has 0 spiro atoms. The molecule has 0 bridgehead atoms. The van der Waals surface area contributed by atoms with E-state index in [-0.39, 0.29) is 5.75 Å². The van der Waals surface area contributed by atoms with Gasteiger partial charge in [0.1, 0.15) is 5.75 Å². The smallest absolute Gasteiger partial charge is 0.159 e. The van der Waals surface area contributed by atoms with Crippen molar-refractivity contribution in [1.82, 2.24) is 9.97 Å². The van der Waals surface area contributed by atoms with Gasteiger partial charge in [-0.3, -0.25) is 0 Å². The molecule has 3 heteroatoms. The molecular formula is C17H14N2O. The standard InChI is InChI=1S/C17H14N2O/c1-12-4-2-5-13(10-12)15-7-6-14(11-16(15)20)17-18-8-3-9-19-17/h2-11,20H,1H3. The Bertz CT molecular complexity index is 739. The highest BCUT2D eigenvalue weighted by atomic mass is 16.3. The first-order valence-corrected chi connectivity index (χ1v) is 6.41. The lowest BCUT2D eigenvalue weighted by Gasteiger charge is -2.07. The van der Waals surface area contributed by atoms with E-state index in [1.54, 1.807) is 24.5 Å². The van der Waals surface area contributed by atoms with Crippen LogP contribution in [0, 0.1) is 6.92 Å². The topological polar surface area (TPSA) is 46.0 Å². The zero-order chi connectivity index (χ0) is 13.9. The maximum absolute atomic E-state index is 10.2. The zero-order valence-electron chi connectivity index (χ0n) is 11.1. The van der Waals surface area contributed by atoms with Crippen LogP contribution in [0.25, 0.3) is 22.5 Å². The van der Waals surface area contributed by atoms with Gasteiger partial charge in [0.2, 0.25) is 0 Å². The molecule has 1 heterocycles. The Kier molecular flexibility index (Phi) is 3.17. The fourth-order valence-corrected chi connectivity index (χ4v) is 2.18. The summed E-state index contributed by atoms with van der Waals surface area (Å²) in [6.45, 7) is 2.03. The van der Waals surface area contributed by atoms with Gasteiger partial charge >= 0.3 is 0 Å². The fourth-order valence-electron chi connectivity index (χ4n) is 2.18. The van der Waals surface area contributed by atoms with Crippen molar-refractivity contribution in [3.8, 4) is 28.3 Å². The Labute approximate surface area is 117 Å². The summed E-state index contributed by atoms with van der Waals surface area (Å²) in [5.74, 6) is 0.846. The second-order valence-corrected chi connectivity index (χ2v) is 4.67. The number of hydrogen-bond acceptors (Lipinski definition) is 3. The number of benzene rings is 2. The highest BCUT2D eigenvalue weighted by molar-refractivity contribution is 5.74. The van der Waals surface area contributed by atoms with Crippen molar-refractivity contribution in [2.75, 3.05) is 0 Å². The van der Waals surface area contributed by atoms with Crippen molar-refractivity contribution in [1.29, 1.82) is 0 Å². The van der Waals surface area contributed by atoms with Crippen molar-refractivity contribution in [3.63, 3.8) is 0 Å². The van der Waals surface area contributed by atoms with Crippen molar-refractivity contribution in [2.24, 2.45) is 0 Å². The maximum Gasteiger partial charge on any atom is 0.159 e. The molecule has 0 fully saturated rings. The number of phenolic OH excluding ortho intramolecular Hbond substituents is 1. The maximum atomic E-state index is 10.2. The van der Waals surface area contributed by atoms with Gasteiger partial charge in [-0.25, -0.2) is 9.97 Å². The molecular weight excluding hydrogens is 248 g/mol. The Balaban J connectivity index is 2.04. The van der Waals surface area contributed by atoms with Crippen LogP contribution in [0.2, 0.25) is 0 Å². The molecule has 0 saturated heterocycles. The molecule has 2 aromatic carbocycles. The summed E-state index contributed by atoms with van der Waals surface area (Å²) in [6.07, 6.45) is 3.38. The molecule has 0 aliphatic heterocycles. The van der Waals surface area contributed by atoms with Crippen molar-refractivity contribution < 1.29 is 5.11 Å². The Morgan fingerprint density at radius 3 is 2.35 bits per heavy atom. The Morgan fingerprint density at radius 1 is 0.850 bits per heavy atom. The summed E-state index contributed by atoms with van der Waals surface area (Å²) < 4.78 is 0. The minimum atomic E-state index is 0.237. The van der Waals surface area contributed by atoms with Gasteiger partial charge in [0.15, 0.2) is 5.82 Å². The van der Waals surface area contributed by atoms with Crippen LogP contribution in [0.15, 0.2) is 60.9 Å². The molecule has 20 heavy (non-hydrogen) atoms. The molecule has 0 radical (unpaired) electrons. The van der Waals surface area contributed by atoms with Gasteiger partial charge in [0, 0.05) is 23.5 Å². The van der Waals surface area contributed by atoms with E-state index in [2.05, 4.69) is 9.97 Å². The van der Waals surface area contributed by atoms with E-state index in [0.29, 0.717) is 5.82 Å². The van der Waals surface area contributed by atoms with Crippen LogP contribution in [-0.2, 0) is 0 Å². The summed E-state index contributed by atoms with van der Waals surface area (Å²) in [7, 11) is 0. The lowest BCUT2D eigenvalue weighted by atomic mass is 10.0. The van der Waals surface area contributed by atoms with Gasteiger partial charge in [0.25, 0.3) is 0 Å². The molecule has 0 aliphatic carbocycles. The molecule has 0 atom stereocenters. The lowest BCUT2D eigenvalue weighted by Crippen LogP contribution is -1.88. The second kappa shape index (κ2) is 5.13. The van der Waals surface area contributed by atoms with Gasteiger partial charge in [-0.05, 0) is 30.7 Å². The van der Waals surface area contributed by atoms with Crippen molar-refractivity contribution in [2.45, 2.75) is 6.92 Å². The largest absolute Gasteiger partial charge is 0.507 e. The summed E-state index contributed by atoms with van der Waals surface area (Å²) in [6, 6.07) is 15.3. The van der Waals surface area contributed by atoms with Crippen LogP contribution in [-0.4, -0.2) is 15.1 Å². The zero-order valence-corrected chi connectivity index (χ0v) is 11.1. The van der Waals surface area contributed by atoms with Crippen LogP contribution >= 0.6 is 0 Å². The first kappa shape index (κ1) is 12.4. The molecule has 0 amide bonds. The number of aryl methyl sites for hydroxylation is 1. The first-order chi connectivity index (χ1) is 9.74.